The summed E-state index contributed by atoms with van der Waals surface area (Å²) in [5, 5.41) is -0.478. The second-order valence-electron chi connectivity index (χ2n) is 5.11. The van der Waals surface area contributed by atoms with E-state index in [4.69, 9.17) is 16.3 Å². The molecule has 7 heteroatoms. The maximum absolute atomic E-state index is 13.9. The van der Waals surface area contributed by atoms with E-state index >= 15 is 0 Å². The van der Waals surface area contributed by atoms with Gasteiger partial charge in [0.2, 0.25) is 0 Å². The Morgan fingerprint density at radius 1 is 1.09 bits per heavy atom. The Kier molecular flexibility index (Phi) is 3.80. The van der Waals surface area contributed by atoms with Crippen molar-refractivity contribution in [1.29, 1.82) is 0 Å². The van der Waals surface area contributed by atoms with E-state index in [1.165, 1.54) is 6.07 Å². The molecule has 0 saturated heterocycles. The van der Waals surface area contributed by atoms with Gasteiger partial charge in [-0.2, -0.15) is 13.2 Å². The third-order valence-electron chi connectivity index (χ3n) is 3.54. The highest BCUT2D eigenvalue weighted by atomic mass is 35.5. The van der Waals surface area contributed by atoms with Crippen molar-refractivity contribution in [2.75, 3.05) is 0 Å². The molecule has 23 heavy (non-hydrogen) atoms. The van der Waals surface area contributed by atoms with Gasteiger partial charge in [0.25, 0.3) is 0 Å². The van der Waals surface area contributed by atoms with Crippen LogP contribution in [-0.4, -0.2) is 5.78 Å². The topological polar surface area (TPSA) is 26.3 Å². The number of Topliss-reactive ketones (excluding diaryl/α,β-unsaturated/α-hetero) is 1. The van der Waals surface area contributed by atoms with Crippen LogP contribution in [0.2, 0.25) is 5.02 Å². The van der Waals surface area contributed by atoms with Gasteiger partial charge in [-0.25, -0.2) is 4.39 Å². The SMILES string of the molecule is O=C1CCc2cc(Oc3c(F)cc(C(F)(F)F)cc3Cl)ccc21. The number of carbonyl (C=O) groups excluding carboxylic acids is 1. The monoisotopic (exact) mass is 344 g/mol. The molecule has 0 amide bonds. The summed E-state index contributed by atoms with van der Waals surface area (Å²) in [6.45, 7) is 0. The number of benzene rings is 2. The minimum atomic E-state index is -4.70. The van der Waals surface area contributed by atoms with E-state index in [2.05, 4.69) is 0 Å². The van der Waals surface area contributed by atoms with Crippen molar-refractivity contribution < 1.29 is 27.1 Å². The molecule has 0 saturated carbocycles. The van der Waals surface area contributed by atoms with Crippen LogP contribution < -0.4 is 4.74 Å². The molecule has 2 aromatic carbocycles. The number of hydrogen-bond acceptors (Lipinski definition) is 2. The largest absolute Gasteiger partial charge is 0.453 e. The number of rotatable bonds is 2. The van der Waals surface area contributed by atoms with Gasteiger partial charge < -0.3 is 4.74 Å². The molecule has 0 unspecified atom stereocenters. The molecule has 0 atom stereocenters. The molecular formula is C16H9ClF4O2. The Morgan fingerprint density at radius 3 is 2.48 bits per heavy atom. The molecule has 1 aliphatic rings. The fraction of sp³-hybridized carbons (Fsp3) is 0.188. The van der Waals surface area contributed by atoms with Crippen LogP contribution in [-0.2, 0) is 12.6 Å². The van der Waals surface area contributed by atoms with E-state index in [0.717, 1.165) is 5.56 Å². The van der Waals surface area contributed by atoms with Crippen molar-refractivity contribution in [3.05, 3.63) is 57.9 Å². The molecule has 0 heterocycles. The smallest absolute Gasteiger partial charge is 0.416 e. The lowest BCUT2D eigenvalue weighted by atomic mass is 10.1. The maximum Gasteiger partial charge on any atom is 0.416 e. The predicted octanol–water partition coefficient (Wildman–Crippen LogP) is 5.42. The molecule has 0 aliphatic heterocycles. The second kappa shape index (κ2) is 5.53. The summed E-state index contributed by atoms with van der Waals surface area (Å²) in [4.78, 5) is 11.5. The Balaban J connectivity index is 1.93. The van der Waals surface area contributed by atoms with Gasteiger partial charge in [0, 0.05) is 12.0 Å². The summed E-state index contributed by atoms with van der Waals surface area (Å²) in [7, 11) is 0. The van der Waals surface area contributed by atoms with Crippen molar-refractivity contribution >= 4 is 17.4 Å². The molecule has 0 fully saturated rings. The quantitative estimate of drug-likeness (QED) is 0.680. The van der Waals surface area contributed by atoms with Crippen molar-refractivity contribution in [3.8, 4) is 11.5 Å². The molecule has 0 N–H and O–H groups in total. The van der Waals surface area contributed by atoms with Crippen LogP contribution in [0.25, 0.3) is 0 Å². The zero-order chi connectivity index (χ0) is 16.8. The lowest BCUT2D eigenvalue weighted by Gasteiger charge is -2.13. The summed E-state index contributed by atoms with van der Waals surface area (Å²) >= 11 is 5.71. The average molecular weight is 345 g/mol. The van der Waals surface area contributed by atoms with Crippen LogP contribution in [0.5, 0.6) is 11.5 Å². The fourth-order valence-electron chi connectivity index (χ4n) is 2.43. The number of carbonyl (C=O) groups is 1. The van der Waals surface area contributed by atoms with E-state index in [9.17, 15) is 22.4 Å². The summed E-state index contributed by atoms with van der Waals surface area (Å²) in [6.07, 6.45) is -3.75. The first kappa shape index (κ1) is 15.8. The minimum Gasteiger partial charge on any atom is -0.453 e. The first-order valence-electron chi connectivity index (χ1n) is 6.66. The highest BCUT2D eigenvalue weighted by molar-refractivity contribution is 6.32. The van der Waals surface area contributed by atoms with Crippen LogP contribution in [0, 0.1) is 5.82 Å². The van der Waals surface area contributed by atoms with Crippen LogP contribution in [0.15, 0.2) is 30.3 Å². The summed E-state index contributed by atoms with van der Waals surface area (Å²) in [6, 6.07) is 5.51. The van der Waals surface area contributed by atoms with E-state index in [0.29, 0.717) is 30.5 Å². The van der Waals surface area contributed by atoms with Crippen molar-refractivity contribution in [3.63, 3.8) is 0 Å². The first-order chi connectivity index (χ1) is 10.8. The lowest BCUT2D eigenvalue weighted by Crippen LogP contribution is -2.06. The molecule has 0 spiro atoms. The van der Waals surface area contributed by atoms with Gasteiger partial charge in [-0.05, 0) is 42.3 Å². The van der Waals surface area contributed by atoms with E-state index < -0.39 is 28.3 Å². The normalized spacial score (nSPS) is 14.0. The number of fused-ring (bicyclic) bond motifs is 1. The molecule has 1 aliphatic carbocycles. The average Bonchev–Trinajstić information content (AvgIpc) is 2.83. The zero-order valence-corrected chi connectivity index (χ0v) is 12.3. The number of aryl methyl sites for hydroxylation is 1. The van der Waals surface area contributed by atoms with Gasteiger partial charge in [-0.15, -0.1) is 0 Å². The molecule has 0 radical (unpaired) electrons. The number of hydrogen-bond donors (Lipinski definition) is 0. The molecule has 3 rings (SSSR count). The van der Waals surface area contributed by atoms with Gasteiger partial charge >= 0.3 is 6.18 Å². The van der Waals surface area contributed by atoms with Crippen molar-refractivity contribution in [2.24, 2.45) is 0 Å². The maximum atomic E-state index is 13.9. The lowest BCUT2D eigenvalue weighted by molar-refractivity contribution is -0.137. The molecule has 0 bridgehead atoms. The summed E-state index contributed by atoms with van der Waals surface area (Å²) < 4.78 is 57.0. The number of ketones is 1. The zero-order valence-electron chi connectivity index (χ0n) is 11.5. The van der Waals surface area contributed by atoms with Gasteiger partial charge in [0.15, 0.2) is 17.3 Å². The standard InChI is InChI=1S/C16H9ClF4O2/c17-12-6-9(16(19,20)21)7-13(18)15(12)23-10-2-3-11-8(5-10)1-4-14(11)22/h2-3,5-7H,1,4H2. The Bertz CT molecular complexity index is 776. The van der Waals surface area contributed by atoms with Crippen LogP contribution in [0.1, 0.15) is 27.9 Å². The highest BCUT2D eigenvalue weighted by Gasteiger charge is 2.32. The van der Waals surface area contributed by atoms with Crippen LogP contribution in [0.4, 0.5) is 17.6 Å². The van der Waals surface area contributed by atoms with E-state index in [1.807, 2.05) is 0 Å². The van der Waals surface area contributed by atoms with Crippen molar-refractivity contribution in [1.82, 2.24) is 0 Å². The van der Waals surface area contributed by atoms with Crippen molar-refractivity contribution in [2.45, 2.75) is 19.0 Å². The minimum absolute atomic E-state index is 0.0188. The third-order valence-corrected chi connectivity index (χ3v) is 3.82. The molecular weight excluding hydrogens is 336 g/mol. The van der Waals surface area contributed by atoms with Gasteiger partial charge in [0.1, 0.15) is 5.75 Å². The number of ether oxygens (including phenoxy) is 1. The Morgan fingerprint density at radius 2 is 1.83 bits per heavy atom. The number of alkyl halides is 3. The Labute approximate surface area is 133 Å². The third kappa shape index (κ3) is 3.03. The van der Waals surface area contributed by atoms with Crippen LogP contribution in [0.3, 0.4) is 0 Å². The van der Waals surface area contributed by atoms with Gasteiger partial charge in [0.05, 0.1) is 10.6 Å². The van der Waals surface area contributed by atoms with Crippen LogP contribution >= 0.6 is 11.6 Å². The molecule has 2 nitrogen and oxygen atoms in total. The molecule has 120 valence electrons. The summed E-state index contributed by atoms with van der Waals surface area (Å²) in [5.74, 6) is -1.46. The Hall–Kier alpha value is -2.08. The van der Waals surface area contributed by atoms with Gasteiger partial charge in [-0.1, -0.05) is 11.6 Å². The van der Waals surface area contributed by atoms with Gasteiger partial charge in [-0.3, -0.25) is 4.79 Å². The molecule has 2 aromatic rings. The fourth-order valence-corrected chi connectivity index (χ4v) is 2.68. The molecule has 0 aromatic heterocycles. The first-order valence-corrected chi connectivity index (χ1v) is 7.04. The second-order valence-corrected chi connectivity index (χ2v) is 5.52. The summed E-state index contributed by atoms with van der Waals surface area (Å²) in [5.41, 5.74) is 0.152. The van der Waals surface area contributed by atoms with E-state index in [1.54, 1.807) is 12.1 Å². The van der Waals surface area contributed by atoms with E-state index in [-0.39, 0.29) is 11.5 Å². The predicted molar refractivity (Wildman–Crippen MR) is 75.6 cm³/mol. The highest BCUT2D eigenvalue weighted by Crippen LogP contribution is 2.39. The number of halogens is 5.